The second kappa shape index (κ2) is 17.2. The van der Waals surface area contributed by atoms with Crippen LogP contribution in [0.3, 0.4) is 0 Å². The summed E-state index contributed by atoms with van der Waals surface area (Å²) in [7, 11) is 0. The van der Waals surface area contributed by atoms with Crippen LogP contribution < -0.4 is 0 Å². The summed E-state index contributed by atoms with van der Waals surface area (Å²) in [5.74, 6) is -0.953. The maximum Gasteiger partial charge on any atom is 0.305 e. The molecule has 0 aromatic heterocycles. The lowest BCUT2D eigenvalue weighted by molar-refractivity contribution is -0.145. The number of aliphatic carboxylic acids is 1. The minimum absolute atomic E-state index is 0.0000520. The molecule has 2 N–H and O–H groups in total. The first-order chi connectivity index (χ1) is 11.2. The van der Waals surface area contributed by atoms with E-state index in [2.05, 4.69) is 0 Å². The van der Waals surface area contributed by atoms with E-state index in [0.29, 0.717) is 32.8 Å². The molecule has 7 nitrogen and oxygen atoms in total. The molecule has 0 saturated carbocycles. The molecular formula is C16H30O7. The van der Waals surface area contributed by atoms with E-state index >= 15 is 0 Å². The molecule has 0 rings (SSSR count). The van der Waals surface area contributed by atoms with Gasteiger partial charge in [-0.15, -0.1) is 0 Å². The maximum absolute atomic E-state index is 11.4. The van der Waals surface area contributed by atoms with Gasteiger partial charge in [0.25, 0.3) is 0 Å². The van der Waals surface area contributed by atoms with Gasteiger partial charge in [0.15, 0.2) is 0 Å². The lowest BCUT2D eigenvalue weighted by atomic mass is 10.1. The van der Waals surface area contributed by atoms with Crippen LogP contribution >= 0.6 is 0 Å². The van der Waals surface area contributed by atoms with E-state index in [9.17, 15) is 9.59 Å². The van der Waals surface area contributed by atoms with Crippen LogP contribution in [-0.4, -0.2) is 61.8 Å². The number of aliphatic hydroxyl groups is 1. The van der Waals surface area contributed by atoms with Crippen LogP contribution in [0.5, 0.6) is 0 Å². The fraction of sp³-hybridized carbons (Fsp3) is 0.875. The molecule has 7 heteroatoms. The van der Waals surface area contributed by atoms with Gasteiger partial charge in [-0.25, -0.2) is 0 Å². The highest BCUT2D eigenvalue weighted by atomic mass is 16.6. The monoisotopic (exact) mass is 334 g/mol. The Hall–Kier alpha value is -1.18. The topological polar surface area (TPSA) is 102 Å². The minimum atomic E-state index is -0.741. The quantitative estimate of drug-likeness (QED) is 0.309. The van der Waals surface area contributed by atoms with Crippen molar-refractivity contribution in [2.75, 3.05) is 39.6 Å². The second-order valence-electron chi connectivity index (χ2n) is 5.18. The summed E-state index contributed by atoms with van der Waals surface area (Å²) in [4.78, 5) is 21.8. The third kappa shape index (κ3) is 18.8. The summed E-state index contributed by atoms with van der Waals surface area (Å²) < 4.78 is 15.2. The van der Waals surface area contributed by atoms with E-state index in [1.807, 2.05) is 0 Å². The second-order valence-corrected chi connectivity index (χ2v) is 5.18. The molecule has 0 aromatic rings. The van der Waals surface area contributed by atoms with Crippen LogP contribution in [0.25, 0.3) is 0 Å². The summed E-state index contributed by atoms with van der Waals surface area (Å²) in [6, 6.07) is 0. The Morgan fingerprint density at radius 1 is 0.696 bits per heavy atom. The van der Waals surface area contributed by atoms with Crippen molar-refractivity contribution >= 4 is 11.9 Å². The van der Waals surface area contributed by atoms with Crippen LogP contribution in [0, 0.1) is 0 Å². The third-order valence-corrected chi connectivity index (χ3v) is 3.12. The largest absolute Gasteiger partial charge is 0.481 e. The first kappa shape index (κ1) is 21.8. The van der Waals surface area contributed by atoms with E-state index in [-0.39, 0.29) is 25.6 Å². The molecule has 0 fully saturated rings. The number of aliphatic hydroxyl groups excluding tert-OH is 1. The number of carbonyl (C=O) groups is 2. The SMILES string of the molecule is O=C(O)CCCCCCCCC(=O)OCCOCCOCCO. The number of carboxylic acid groups (broad SMARTS) is 1. The summed E-state index contributed by atoms with van der Waals surface area (Å²) in [5.41, 5.74) is 0. The summed E-state index contributed by atoms with van der Waals surface area (Å²) in [5, 5.41) is 17.0. The van der Waals surface area contributed by atoms with Crippen molar-refractivity contribution in [2.24, 2.45) is 0 Å². The van der Waals surface area contributed by atoms with E-state index in [0.717, 1.165) is 38.5 Å². The van der Waals surface area contributed by atoms with Gasteiger partial charge < -0.3 is 24.4 Å². The van der Waals surface area contributed by atoms with Crippen molar-refractivity contribution in [2.45, 2.75) is 51.4 Å². The number of unbranched alkanes of at least 4 members (excludes halogenated alkanes) is 5. The van der Waals surface area contributed by atoms with Gasteiger partial charge in [-0.1, -0.05) is 25.7 Å². The van der Waals surface area contributed by atoms with Crippen LogP contribution in [0.2, 0.25) is 0 Å². The predicted molar refractivity (Wildman–Crippen MR) is 84.3 cm³/mol. The molecule has 0 radical (unpaired) electrons. The third-order valence-electron chi connectivity index (χ3n) is 3.12. The normalized spacial score (nSPS) is 10.7. The highest BCUT2D eigenvalue weighted by Crippen LogP contribution is 2.09. The molecule has 23 heavy (non-hydrogen) atoms. The number of hydrogen-bond acceptors (Lipinski definition) is 6. The Bertz CT molecular complexity index is 294. The molecule has 0 atom stereocenters. The molecule has 0 saturated heterocycles. The molecule has 136 valence electrons. The lowest BCUT2D eigenvalue weighted by Gasteiger charge is -2.06. The Morgan fingerprint density at radius 3 is 1.83 bits per heavy atom. The van der Waals surface area contributed by atoms with Crippen molar-refractivity contribution in [3.05, 3.63) is 0 Å². The zero-order chi connectivity index (χ0) is 17.2. The number of carbonyl (C=O) groups excluding carboxylic acids is 1. The highest BCUT2D eigenvalue weighted by molar-refractivity contribution is 5.69. The Morgan fingerprint density at radius 2 is 1.22 bits per heavy atom. The van der Waals surface area contributed by atoms with E-state index in [4.69, 9.17) is 24.4 Å². The van der Waals surface area contributed by atoms with Gasteiger partial charge in [0.1, 0.15) is 6.61 Å². The van der Waals surface area contributed by atoms with Crippen molar-refractivity contribution in [1.82, 2.24) is 0 Å². The molecule has 0 amide bonds. The molecule has 0 aromatic carbocycles. The average molecular weight is 334 g/mol. The van der Waals surface area contributed by atoms with Crippen LogP contribution in [-0.2, 0) is 23.8 Å². The molecule has 0 spiro atoms. The van der Waals surface area contributed by atoms with Gasteiger partial charge in [-0.2, -0.15) is 0 Å². The number of rotatable bonds is 17. The van der Waals surface area contributed by atoms with Crippen molar-refractivity contribution < 1.29 is 34.0 Å². The minimum Gasteiger partial charge on any atom is -0.481 e. The number of ether oxygens (including phenoxy) is 3. The van der Waals surface area contributed by atoms with E-state index in [1.165, 1.54) is 0 Å². The van der Waals surface area contributed by atoms with Gasteiger partial charge in [0.05, 0.1) is 33.0 Å². The summed E-state index contributed by atoms with van der Waals surface area (Å²) in [6.07, 6.45) is 6.09. The molecular weight excluding hydrogens is 304 g/mol. The van der Waals surface area contributed by atoms with Crippen LogP contribution in [0.4, 0.5) is 0 Å². The molecule has 0 aliphatic rings. The summed E-state index contributed by atoms with van der Waals surface area (Å²) >= 11 is 0. The maximum atomic E-state index is 11.4. The smallest absolute Gasteiger partial charge is 0.305 e. The zero-order valence-electron chi connectivity index (χ0n) is 13.8. The van der Waals surface area contributed by atoms with Crippen molar-refractivity contribution in [3.8, 4) is 0 Å². The average Bonchev–Trinajstić information content (AvgIpc) is 2.52. The molecule has 0 heterocycles. The Kier molecular flexibility index (Phi) is 16.3. The lowest BCUT2D eigenvalue weighted by Crippen LogP contribution is -2.13. The summed E-state index contributed by atoms with van der Waals surface area (Å²) in [6.45, 7) is 1.73. The van der Waals surface area contributed by atoms with Gasteiger partial charge in [0, 0.05) is 12.8 Å². The highest BCUT2D eigenvalue weighted by Gasteiger charge is 2.02. The van der Waals surface area contributed by atoms with Gasteiger partial charge in [-0.3, -0.25) is 9.59 Å². The fourth-order valence-corrected chi connectivity index (χ4v) is 1.93. The molecule has 0 unspecified atom stereocenters. The first-order valence-electron chi connectivity index (χ1n) is 8.30. The van der Waals surface area contributed by atoms with Crippen LogP contribution in [0.1, 0.15) is 51.4 Å². The van der Waals surface area contributed by atoms with E-state index < -0.39 is 5.97 Å². The standard InChI is InChI=1S/C16H30O7/c17-9-10-21-11-12-22-13-14-23-16(20)8-6-4-2-1-3-5-7-15(18)19/h17H,1-14H2,(H,18,19). The number of esters is 1. The Labute approximate surface area is 137 Å². The van der Waals surface area contributed by atoms with Crippen molar-refractivity contribution in [1.29, 1.82) is 0 Å². The molecule has 0 aliphatic heterocycles. The number of hydrogen-bond donors (Lipinski definition) is 2. The van der Waals surface area contributed by atoms with Gasteiger partial charge in [-0.05, 0) is 12.8 Å². The van der Waals surface area contributed by atoms with E-state index in [1.54, 1.807) is 0 Å². The molecule has 0 bridgehead atoms. The zero-order valence-corrected chi connectivity index (χ0v) is 13.8. The fourth-order valence-electron chi connectivity index (χ4n) is 1.93. The van der Waals surface area contributed by atoms with Crippen LogP contribution in [0.15, 0.2) is 0 Å². The predicted octanol–water partition coefficient (Wildman–Crippen LogP) is 1.76. The first-order valence-corrected chi connectivity index (χ1v) is 8.30. The Balaban J connectivity index is 3.17. The number of carboxylic acids is 1. The molecule has 0 aliphatic carbocycles. The van der Waals surface area contributed by atoms with Gasteiger partial charge >= 0.3 is 11.9 Å². The van der Waals surface area contributed by atoms with Gasteiger partial charge in [0.2, 0.25) is 0 Å². The van der Waals surface area contributed by atoms with Crippen molar-refractivity contribution in [3.63, 3.8) is 0 Å².